The molecule has 0 saturated heterocycles. The quantitative estimate of drug-likeness (QED) is 0.858. The summed E-state index contributed by atoms with van der Waals surface area (Å²) >= 11 is 0. The van der Waals surface area contributed by atoms with Crippen LogP contribution in [0.1, 0.15) is 32.4 Å². The summed E-state index contributed by atoms with van der Waals surface area (Å²) < 4.78 is 33.0. The lowest BCUT2D eigenvalue weighted by Crippen LogP contribution is -2.41. The predicted molar refractivity (Wildman–Crippen MR) is 63.9 cm³/mol. The minimum atomic E-state index is -0.688. The molecule has 1 unspecified atom stereocenters. The van der Waals surface area contributed by atoms with Crippen LogP contribution in [0, 0.1) is 11.6 Å². The Balaban J connectivity index is 3.18. The molecule has 1 N–H and O–H groups in total. The molecule has 0 bridgehead atoms. The molecule has 1 rings (SSSR count). The second-order valence-electron chi connectivity index (χ2n) is 4.39. The third-order valence-corrected chi connectivity index (χ3v) is 2.79. The van der Waals surface area contributed by atoms with E-state index in [4.69, 9.17) is 4.74 Å². The minimum absolute atomic E-state index is 0.0217. The highest BCUT2D eigenvalue weighted by Gasteiger charge is 2.34. The monoisotopic (exact) mass is 243 g/mol. The van der Waals surface area contributed by atoms with Gasteiger partial charge in [-0.25, -0.2) is 8.78 Å². The maximum absolute atomic E-state index is 13.7. The average molecular weight is 243 g/mol. The number of hydrogen-bond donors (Lipinski definition) is 1. The van der Waals surface area contributed by atoms with Crippen LogP contribution in [0.2, 0.25) is 0 Å². The SMILES string of the molecule is CCOC(C)(C)C(NC)c1c(F)cccc1F. The van der Waals surface area contributed by atoms with Gasteiger partial charge in [0, 0.05) is 12.2 Å². The van der Waals surface area contributed by atoms with Crippen molar-refractivity contribution in [1.82, 2.24) is 5.32 Å². The molecule has 2 nitrogen and oxygen atoms in total. The Labute approximate surface area is 101 Å². The number of rotatable bonds is 5. The lowest BCUT2D eigenvalue weighted by molar-refractivity contribution is -0.0390. The van der Waals surface area contributed by atoms with E-state index >= 15 is 0 Å². The zero-order valence-corrected chi connectivity index (χ0v) is 10.7. The predicted octanol–water partition coefficient (Wildman–Crippen LogP) is 3.04. The molecule has 0 radical (unpaired) electrons. The van der Waals surface area contributed by atoms with Crippen LogP contribution in [-0.2, 0) is 4.74 Å². The van der Waals surface area contributed by atoms with E-state index in [0.29, 0.717) is 6.61 Å². The summed E-state index contributed by atoms with van der Waals surface area (Å²) in [4.78, 5) is 0. The third-order valence-electron chi connectivity index (χ3n) is 2.79. The fraction of sp³-hybridized carbons (Fsp3) is 0.538. The van der Waals surface area contributed by atoms with Crippen molar-refractivity contribution in [3.8, 4) is 0 Å². The molecule has 0 heterocycles. The standard InChI is InChI=1S/C13H19F2NO/c1-5-17-13(2,3)12(16-4)11-9(14)7-6-8-10(11)15/h6-8,12,16H,5H2,1-4H3. The van der Waals surface area contributed by atoms with E-state index < -0.39 is 23.3 Å². The first-order valence-electron chi connectivity index (χ1n) is 5.69. The van der Waals surface area contributed by atoms with Crippen LogP contribution in [0.25, 0.3) is 0 Å². The highest BCUT2D eigenvalue weighted by atomic mass is 19.1. The van der Waals surface area contributed by atoms with Crippen LogP contribution in [0.5, 0.6) is 0 Å². The highest BCUT2D eigenvalue weighted by molar-refractivity contribution is 5.25. The van der Waals surface area contributed by atoms with Crippen molar-refractivity contribution < 1.29 is 13.5 Å². The topological polar surface area (TPSA) is 21.3 Å². The Morgan fingerprint density at radius 3 is 2.24 bits per heavy atom. The molecule has 1 atom stereocenters. The number of nitrogens with one attached hydrogen (secondary N) is 1. The number of hydrogen-bond acceptors (Lipinski definition) is 2. The zero-order valence-electron chi connectivity index (χ0n) is 10.7. The van der Waals surface area contributed by atoms with Crippen molar-refractivity contribution in [2.45, 2.75) is 32.4 Å². The largest absolute Gasteiger partial charge is 0.374 e. The summed E-state index contributed by atoms with van der Waals surface area (Å²) in [5, 5.41) is 2.92. The molecule has 0 aliphatic heterocycles. The second kappa shape index (κ2) is 5.56. The van der Waals surface area contributed by atoms with Crippen LogP contribution in [0.15, 0.2) is 18.2 Å². The maximum Gasteiger partial charge on any atom is 0.131 e. The molecule has 0 aromatic heterocycles. The summed E-state index contributed by atoms with van der Waals surface area (Å²) in [6.07, 6.45) is 0. The fourth-order valence-corrected chi connectivity index (χ4v) is 2.08. The van der Waals surface area contributed by atoms with Gasteiger partial charge in [-0.3, -0.25) is 0 Å². The summed E-state index contributed by atoms with van der Waals surface area (Å²) in [7, 11) is 1.66. The fourth-order valence-electron chi connectivity index (χ4n) is 2.08. The molecule has 17 heavy (non-hydrogen) atoms. The Bertz CT molecular complexity index is 359. The summed E-state index contributed by atoms with van der Waals surface area (Å²) in [5.74, 6) is -1.12. The van der Waals surface area contributed by atoms with E-state index in [-0.39, 0.29) is 5.56 Å². The van der Waals surface area contributed by atoms with E-state index in [2.05, 4.69) is 5.32 Å². The molecule has 1 aromatic rings. The van der Waals surface area contributed by atoms with Gasteiger partial charge in [-0.2, -0.15) is 0 Å². The highest BCUT2D eigenvalue weighted by Crippen LogP contribution is 2.31. The van der Waals surface area contributed by atoms with Crippen LogP contribution in [0.3, 0.4) is 0 Å². The molecule has 0 aliphatic rings. The van der Waals surface area contributed by atoms with Crippen LogP contribution >= 0.6 is 0 Å². The first kappa shape index (κ1) is 14.1. The molecule has 0 fully saturated rings. The van der Waals surface area contributed by atoms with E-state index in [9.17, 15) is 8.78 Å². The minimum Gasteiger partial charge on any atom is -0.374 e. The average Bonchev–Trinajstić information content (AvgIpc) is 2.23. The normalized spacial score (nSPS) is 13.8. The molecule has 4 heteroatoms. The molecule has 0 aliphatic carbocycles. The number of benzene rings is 1. The Hall–Kier alpha value is -1.00. The van der Waals surface area contributed by atoms with Crippen molar-refractivity contribution in [3.63, 3.8) is 0 Å². The summed E-state index contributed by atoms with van der Waals surface area (Å²) in [6, 6.07) is 3.33. The van der Waals surface area contributed by atoms with Crippen molar-refractivity contribution >= 4 is 0 Å². The van der Waals surface area contributed by atoms with Gasteiger partial charge < -0.3 is 10.1 Å². The zero-order chi connectivity index (χ0) is 13.1. The smallest absolute Gasteiger partial charge is 0.131 e. The molecular weight excluding hydrogens is 224 g/mol. The van der Waals surface area contributed by atoms with Gasteiger partial charge in [0.15, 0.2) is 0 Å². The Morgan fingerprint density at radius 2 is 1.82 bits per heavy atom. The van der Waals surface area contributed by atoms with Crippen LogP contribution < -0.4 is 5.32 Å². The van der Waals surface area contributed by atoms with Gasteiger partial charge in [-0.05, 0) is 40.0 Å². The lowest BCUT2D eigenvalue weighted by Gasteiger charge is -2.34. The van der Waals surface area contributed by atoms with E-state index in [1.165, 1.54) is 18.2 Å². The first-order chi connectivity index (χ1) is 7.94. The molecule has 96 valence electrons. The number of likely N-dealkylation sites (N-methyl/N-ethyl adjacent to an activating group) is 1. The first-order valence-corrected chi connectivity index (χ1v) is 5.69. The Morgan fingerprint density at radius 1 is 1.29 bits per heavy atom. The van der Waals surface area contributed by atoms with Gasteiger partial charge in [-0.15, -0.1) is 0 Å². The van der Waals surface area contributed by atoms with Crippen LogP contribution in [0.4, 0.5) is 8.78 Å². The number of halogens is 2. The van der Waals surface area contributed by atoms with Gasteiger partial charge >= 0.3 is 0 Å². The molecule has 0 saturated carbocycles. The van der Waals surface area contributed by atoms with Crippen molar-refractivity contribution in [1.29, 1.82) is 0 Å². The number of ether oxygens (including phenoxy) is 1. The van der Waals surface area contributed by atoms with Crippen molar-refractivity contribution in [3.05, 3.63) is 35.4 Å². The van der Waals surface area contributed by atoms with Crippen LogP contribution in [-0.4, -0.2) is 19.3 Å². The van der Waals surface area contributed by atoms with Gasteiger partial charge in [0.25, 0.3) is 0 Å². The van der Waals surface area contributed by atoms with E-state index in [1.807, 2.05) is 20.8 Å². The van der Waals surface area contributed by atoms with Gasteiger partial charge in [0.05, 0.1) is 11.6 Å². The van der Waals surface area contributed by atoms with Gasteiger partial charge in [0.2, 0.25) is 0 Å². The molecule has 0 amide bonds. The van der Waals surface area contributed by atoms with Gasteiger partial charge in [-0.1, -0.05) is 6.07 Å². The third kappa shape index (κ3) is 3.01. The Kier molecular flexibility index (Phi) is 4.60. The molecular formula is C13H19F2NO. The lowest BCUT2D eigenvalue weighted by atomic mass is 9.91. The summed E-state index contributed by atoms with van der Waals surface area (Å²) in [6.45, 7) is 5.96. The van der Waals surface area contributed by atoms with E-state index in [0.717, 1.165) is 0 Å². The molecule has 0 spiro atoms. The maximum atomic E-state index is 13.7. The summed E-state index contributed by atoms with van der Waals surface area (Å²) in [5.41, 5.74) is -0.666. The second-order valence-corrected chi connectivity index (χ2v) is 4.39. The van der Waals surface area contributed by atoms with E-state index in [1.54, 1.807) is 7.05 Å². The molecule has 1 aromatic carbocycles. The van der Waals surface area contributed by atoms with Crippen molar-refractivity contribution in [2.24, 2.45) is 0 Å². The van der Waals surface area contributed by atoms with Gasteiger partial charge in [0.1, 0.15) is 11.6 Å². The van der Waals surface area contributed by atoms with Crippen molar-refractivity contribution in [2.75, 3.05) is 13.7 Å².